The zero-order valence-electron chi connectivity index (χ0n) is 9.53. The molecule has 0 aromatic heterocycles. The van der Waals surface area contributed by atoms with Gasteiger partial charge in [0.2, 0.25) is 5.91 Å². The predicted molar refractivity (Wildman–Crippen MR) is 62.5 cm³/mol. The first-order valence-corrected chi connectivity index (χ1v) is 5.30. The van der Waals surface area contributed by atoms with Gasteiger partial charge in [0.15, 0.2) is 0 Å². The van der Waals surface area contributed by atoms with E-state index in [0.717, 1.165) is 0 Å². The van der Waals surface area contributed by atoms with Gasteiger partial charge in [-0.2, -0.15) is 0 Å². The Kier molecular flexibility index (Phi) is 4.28. The maximum Gasteiger partial charge on any atom is 0.239 e. The molecule has 1 aromatic rings. The van der Waals surface area contributed by atoms with Crippen LogP contribution in [0.4, 0.5) is 10.1 Å². The third-order valence-corrected chi connectivity index (χ3v) is 2.22. The molecule has 0 aliphatic carbocycles. The van der Waals surface area contributed by atoms with Crippen molar-refractivity contribution in [3.8, 4) is 0 Å². The number of primary amides is 1. The lowest BCUT2D eigenvalue weighted by atomic mass is 10.0. The molecule has 4 heteroatoms. The molecule has 3 N–H and O–H groups in total. The van der Waals surface area contributed by atoms with Crippen molar-refractivity contribution < 1.29 is 9.18 Å². The van der Waals surface area contributed by atoms with E-state index in [1.54, 1.807) is 12.1 Å². The zero-order chi connectivity index (χ0) is 12.1. The van der Waals surface area contributed by atoms with Gasteiger partial charge in [-0.15, -0.1) is 0 Å². The number of benzene rings is 1. The topological polar surface area (TPSA) is 55.1 Å². The van der Waals surface area contributed by atoms with Crippen LogP contribution in [0.25, 0.3) is 0 Å². The molecule has 1 rings (SSSR count). The highest BCUT2D eigenvalue weighted by atomic mass is 19.1. The van der Waals surface area contributed by atoms with E-state index in [9.17, 15) is 9.18 Å². The molecular formula is C12H17FN2O. The Morgan fingerprint density at radius 3 is 2.69 bits per heavy atom. The number of halogens is 1. The lowest BCUT2D eigenvalue weighted by Crippen LogP contribution is -2.36. The Hall–Kier alpha value is -1.58. The van der Waals surface area contributed by atoms with Crippen LogP contribution in [0.1, 0.15) is 20.3 Å². The molecular weight excluding hydrogens is 207 g/mol. The highest BCUT2D eigenvalue weighted by Gasteiger charge is 2.16. The minimum Gasteiger partial charge on any atom is -0.374 e. The monoisotopic (exact) mass is 224 g/mol. The molecule has 0 fully saturated rings. The minimum atomic E-state index is -0.457. The number of nitrogens with two attached hydrogens (primary N) is 1. The molecule has 0 saturated heterocycles. The van der Waals surface area contributed by atoms with Gasteiger partial charge in [0.25, 0.3) is 0 Å². The SMILES string of the molecule is CC(C)CC(Nc1cccc(F)c1)C(N)=O. The van der Waals surface area contributed by atoms with Crippen molar-refractivity contribution >= 4 is 11.6 Å². The van der Waals surface area contributed by atoms with Crippen LogP contribution in [0.2, 0.25) is 0 Å². The zero-order valence-corrected chi connectivity index (χ0v) is 9.53. The second-order valence-corrected chi connectivity index (χ2v) is 4.24. The first-order valence-electron chi connectivity index (χ1n) is 5.30. The molecule has 0 saturated carbocycles. The maximum absolute atomic E-state index is 12.9. The summed E-state index contributed by atoms with van der Waals surface area (Å²) in [6.45, 7) is 4.01. The number of anilines is 1. The Bertz CT molecular complexity index is 366. The van der Waals surface area contributed by atoms with Gasteiger partial charge in [-0.3, -0.25) is 4.79 Å². The highest BCUT2D eigenvalue weighted by molar-refractivity contribution is 5.82. The Labute approximate surface area is 94.8 Å². The molecule has 1 unspecified atom stereocenters. The molecule has 0 aliphatic rings. The molecule has 3 nitrogen and oxygen atoms in total. The van der Waals surface area contributed by atoms with E-state index < -0.39 is 11.9 Å². The largest absolute Gasteiger partial charge is 0.374 e. The summed E-state index contributed by atoms with van der Waals surface area (Å²) in [5.74, 6) is -0.408. The molecule has 0 heterocycles. The quantitative estimate of drug-likeness (QED) is 0.805. The van der Waals surface area contributed by atoms with Crippen molar-refractivity contribution in [2.45, 2.75) is 26.3 Å². The van der Waals surface area contributed by atoms with E-state index in [4.69, 9.17) is 5.73 Å². The average molecular weight is 224 g/mol. The van der Waals surface area contributed by atoms with E-state index in [1.807, 2.05) is 13.8 Å². The fourth-order valence-corrected chi connectivity index (χ4v) is 1.50. The number of carbonyl (C=O) groups excluding carboxylic acids is 1. The fraction of sp³-hybridized carbons (Fsp3) is 0.417. The van der Waals surface area contributed by atoms with E-state index in [1.165, 1.54) is 12.1 Å². The summed E-state index contributed by atoms with van der Waals surface area (Å²) in [5, 5.41) is 2.94. The summed E-state index contributed by atoms with van der Waals surface area (Å²) in [4.78, 5) is 11.2. The number of rotatable bonds is 5. The summed E-state index contributed by atoms with van der Waals surface area (Å²) < 4.78 is 12.9. The molecule has 0 radical (unpaired) electrons. The lowest BCUT2D eigenvalue weighted by molar-refractivity contribution is -0.119. The van der Waals surface area contributed by atoms with Crippen molar-refractivity contribution in [3.05, 3.63) is 30.1 Å². The third-order valence-electron chi connectivity index (χ3n) is 2.22. The predicted octanol–water partition coefficient (Wildman–Crippen LogP) is 2.14. The van der Waals surface area contributed by atoms with Crippen LogP contribution in [-0.2, 0) is 4.79 Å². The summed E-state index contributed by atoms with van der Waals surface area (Å²) in [7, 11) is 0. The van der Waals surface area contributed by atoms with Crippen LogP contribution >= 0.6 is 0 Å². The number of carbonyl (C=O) groups is 1. The second-order valence-electron chi connectivity index (χ2n) is 4.24. The van der Waals surface area contributed by atoms with Crippen LogP contribution in [0, 0.1) is 11.7 Å². The van der Waals surface area contributed by atoms with Crippen molar-refractivity contribution in [3.63, 3.8) is 0 Å². The van der Waals surface area contributed by atoms with Gasteiger partial charge in [-0.05, 0) is 30.5 Å². The lowest BCUT2D eigenvalue weighted by Gasteiger charge is -2.18. The van der Waals surface area contributed by atoms with Gasteiger partial charge in [0, 0.05) is 5.69 Å². The molecule has 0 bridgehead atoms. The van der Waals surface area contributed by atoms with Gasteiger partial charge in [-0.25, -0.2) is 4.39 Å². The van der Waals surface area contributed by atoms with Crippen LogP contribution in [-0.4, -0.2) is 11.9 Å². The summed E-state index contributed by atoms with van der Waals surface area (Å²) >= 11 is 0. The van der Waals surface area contributed by atoms with Crippen LogP contribution in [0.5, 0.6) is 0 Å². The van der Waals surface area contributed by atoms with E-state index >= 15 is 0 Å². The molecule has 1 amide bonds. The normalized spacial score (nSPS) is 12.5. The molecule has 1 atom stereocenters. The van der Waals surface area contributed by atoms with Crippen LogP contribution in [0.15, 0.2) is 24.3 Å². The summed E-state index contributed by atoms with van der Waals surface area (Å²) in [6, 6.07) is 5.54. The molecule has 1 aromatic carbocycles. The Morgan fingerprint density at radius 1 is 1.50 bits per heavy atom. The van der Waals surface area contributed by atoms with Gasteiger partial charge < -0.3 is 11.1 Å². The second kappa shape index (κ2) is 5.49. The van der Waals surface area contributed by atoms with Crippen molar-refractivity contribution in [2.75, 3.05) is 5.32 Å². The highest BCUT2D eigenvalue weighted by Crippen LogP contribution is 2.14. The van der Waals surface area contributed by atoms with Gasteiger partial charge in [0.1, 0.15) is 11.9 Å². The smallest absolute Gasteiger partial charge is 0.239 e. The molecule has 0 spiro atoms. The number of nitrogens with one attached hydrogen (secondary N) is 1. The van der Waals surface area contributed by atoms with Crippen LogP contribution in [0.3, 0.4) is 0 Å². The number of hydrogen-bond acceptors (Lipinski definition) is 2. The fourth-order valence-electron chi connectivity index (χ4n) is 1.50. The molecule has 16 heavy (non-hydrogen) atoms. The Balaban J connectivity index is 2.71. The van der Waals surface area contributed by atoms with Gasteiger partial charge in [-0.1, -0.05) is 19.9 Å². The van der Waals surface area contributed by atoms with Gasteiger partial charge >= 0.3 is 0 Å². The maximum atomic E-state index is 12.9. The van der Waals surface area contributed by atoms with Crippen molar-refractivity contribution in [1.29, 1.82) is 0 Å². The molecule has 88 valence electrons. The first kappa shape index (κ1) is 12.5. The standard InChI is InChI=1S/C12H17FN2O/c1-8(2)6-11(12(14)16)15-10-5-3-4-9(13)7-10/h3-5,7-8,11,15H,6H2,1-2H3,(H2,14,16). The van der Waals surface area contributed by atoms with Crippen molar-refractivity contribution in [2.24, 2.45) is 11.7 Å². The third kappa shape index (κ3) is 3.88. The summed E-state index contributed by atoms with van der Waals surface area (Å²) in [6.07, 6.45) is 0.631. The van der Waals surface area contributed by atoms with E-state index in [-0.39, 0.29) is 5.82 Å². The summed E-state index contributed by atoms with van der Waals surface area (Å²) in [5.41, 5.74) is 5.85. The van der Waals surface area contributed by atoms with E-state index in [2.05, 4.69) is 5.32 Å². The van der Waals surface area contributed by atoms with Gasteiger partial charge in [0.05, 0.1) is 0 Å². The molecule has 0 aliphatic heterocycles. The van der Waals surface area contributed by atoms with E-state index in [0.29, 0.717) is 18.0 Å². The van der Waals surface area contributed by atoms with Crippen molar-refractivity contribution in [1.82, 2.24) is 0 Å². The van der Waals surface area contributed by atoms with Crippen LogP contribution < -0.4 is 11.1 Å². The number of amides is 1. The number of hydrogen-bond donors (Lipinski definition) is 2. The first-order chi connectivity index (χ1) is 7.49. The average Bonchev–Trinajstić information content (AvgIpc) is 2.15. The Morgan fingerprint density at radius 2 is 2.19 bits per heavy atom. The minimum absolute atomic E-state index is 0.335.